The molecule has 0 saturated carbocycles. The number of hydrogen-bond acceptors (Lipinski definition) is 4. The molecule has 0 aliphatic carbocycles. The zero-order chi connectivity index (χ0) is 32.4. The molecule has 0 unspecified atom stereocenters. The molecule has 0 aliphatic rings. The topological polar surface area (TPSA) is 86.8 Å². The lowest BCUT2D eigenvalue weighted by atomic mass is 10.0. The standard InChI is InChI=1S/C36H40FN3O4S/c1-4-5-22-38-36(42)34(24-29-13-7-6-8-14-29)39(25-30-15-9-10-17-33(30)37)35(41)26-40(31-16-11-12-28(3)23-31)45(43,44)32-20-18-27(2)19-21-32/h6-21,23,34H,4-5,22,24-26H2,1-3H3,(H,38,42)/t34-/m1/s1. The van der Waals surface area contributed by atoms with Gasteiger partial charge in [-0.15, -0.1) is 0 Å². The molecule has 2 amide bonds. The Morgan fingerprint density at radius 3 is 2.20 bits per heavy atom. The van der Waals surface area contributed by atoms with E-state index in [0.29, 0.717) is 12.2 Å². The number of anilines is 1. The van der Waals surface area contributed by atoms with Gasteiger partial charge in [-0.1, -0.05) is 91.7 Å². The molecule has 0 spiro atoms. The van der Waals surface area contributed by atoms with Gasteiger partial charge in [0.15, 0.2) is 0 Å². The molecule has 9 heteroatoms. The van der Waals surface area contributed by atoms with Crippen molar-refractivity contribution in [3.8, 4) is 0 Å². The lowest BCUT2D eigenvalue weighted by Crippen LogP contribution is -2.53. The van der Waals surface area contributed by atoms with Gasteiger partial charge in [0.25, 0.3) is 10.0 Å². The monoisotopic (exact) mass is 629 g/mol. The predicted molar refractivity (Wildman–Crippen MR) is 176 cm³/mol. The number of unbranched alkanes of at least 4 members (excludes halogenated alkanes) is 1. The summed E-state index contributed by atoms with van der Waals surface area (Å²) in [6.45, 7) is 5.30. The first-order valence-corrected chi connectivity index (χ1v) is 16.5. The molecule has 7 nitrogen and oxygen atoms in total. The van der Waals surface area contributed by atoms with Crippen molar-refractivity contribution in [2.45, 2.75) is 57.5 Å². The summed E-state index contributed by atoms with van der Waals surface area (Å²) < 4.78 is 44.3. The van der Waals surface area contributed by atoms with Gasteiger partial charge >= 0.3 is 0 Å². The molecule has 4 aromatic carbocycles. The van der Waals surface area contributed by atoms with Gasteiger partial charge in [0.2, 0.25) is 11.8 Å². The Balaban J connectivity index is 1.80. The van der Waals surface area contributed by atoms with Gasteiger partial charge < -0.3 is 10.2 Å². The zero-order valence-electron chi connectivity index (χ0n) is 25.9. The summed E-state index contributed by atoms with van der Waals surface area (Å²) in [7, 11) is -4.21. The van der Waals surface area contributed by atoms with Gasteiger partial charge in [0.05, 0.1) is 10.6 Å². The maximum absolute atomic E-state index is 15.0. The van der Waals surface area contributed by atoms with Crippen molar-refractivity contribution in [1.29, 1.82) is 0 Å². The Labute approximate surface area is 265 Å². The zero-order valence-corrected chi connectivity index (χ0v) is 26.8. The number of nitrogens with zero attached hydrogens (tertiary/aromatic N) is 2. The average molecular weight is 630 g/mol. The summed E-state index contributed by atoms with van der Waals surface area (Å²) in [5, 5.41) is 2.94. The summed E-state index contributed by atoms with van der Waals surface area (Å²) in [4.78, 5) is 29.5. The van der Waals surface area contributed by atoms with Crippen LogP contribution < -0.4 is 9.62 Å². The van der Waals surface area contributed by atoms with Crippen LogP contribution in [0.1, 0.15) is 42.0 Å². The summed E-state index contributed by atoms with van der Waals surface area (Å²) in [5.74, 6) is -1.55. The second-order valence-corrected chi connectivity index (χ2v) is 13.0. The highest BCUT2D eigenvalue weighted by Gasteiger charge is 2.35. The van der Waals surface area contributed by atoms with Crippen LogP contribution in [0.4, 0.5) is 10.1 Å². The van der Waals surface area contributed by atoms with Crippen LogP contribution in [0.25, 0.3) is 0 Å². The number of carbonyl (C=O) groups excluding carboxylic acids is 2. The van der Waals surface area contributed by atoms with Gasteiger partial charge in [-0.2, -0.15) is 0 Å². The third-order valence-corrected chi connectivity index (χ3v) is 9.36. The third-order valence-electron chi connectivity index (χ3n) is 7.58. The number of aryl methyl sites for hydroxylation is 2. The molecule has 45 heavy (non-hydrogen) atoms. The highest BCUT2D eigenvalue weighted by atomic mass is 32.2. The van der Waals surface area contributed by atoms with E-state index in [0.717, 1.165) is 33.8 Å². The van der Waals surface area contributed by atoms with Crippen molar-refractivity contribution in [1.82, 2.24) is 10.2 Å². The number of halogens is 1. The van der Waals surface area contributed by atoms with Crippen LogP contribution in [-0.2, 0) is 32.6 Å². The fraction of sp³-hybridized carbons (Fsp3) is 0.278. The van der Waals surface area contributed by atoms with Crippen molar-refractivity contribution in [3.63, 3.8) is 0 Å². The van der Waals surface area contributed by atoms with E-state index in [1.807, 2.05) is 57.2 Å². The summed E-state index contributed by atoms with van der Waals surface area (Å²) in [6, 6.07) is 27.6. The molecule has 0 aliphatic heterocycles. The van der Waals surface area contributed by atoms with E-state index in [2.05, 4.69) is 5.32 Å². The summed E-state index contributed by atoms with van der Waals surface area (Å²) >= 11 is 0. The summed E-state index contributed by atoms with van der Waals surface area (Å²) in [6.07, 6.45) is 1.78. The van der Waals surface area contributed by atoms with Crippen LogP contribution in [-0.4, -0.2) is 44.3 Å². The normalized spacial score (nSPS) is 11.9. The minimum Gasteiger partial charge on any atom is -0.354 e. The Hall–Kier alpha value is -4.50. The number of nitrogens with one attached hydrogen (secondary N) is 1. The van der Waals surface area contributed by atoms with Crippen molar-refractivity contribution >= 4 is 27.5 Å². The molecule has 0 radical (unpaired) electrons. The van der Waals surface area contributed by atoms with Crippen LogP contribution in [0.5, 0.6) is 0 Å². The maximum Gasteiger partial charge on any atom is 0.264 e. The Morgan fingerprint density at radius 2 is 1.53 bits per heavy atom. The predicted octanol–water partition coefficient (Wildman–Crippen LogP) is 6.19. The summed E-state index contributed by atoms with van der Waals surface area (Å²) in [5.41, 5.74) is 3.03. The fourth-order valence-corrected chi connectivity index (χ4v) is 6.43. The quantitative estimate of drug-likeness (QED) is 0.169. The van der Waals surface area contributed by atoms with Crippen LogP contribution in [0, 0.1) is 19.7 Å². The smallest absolute Gasteiger partial charge is 0.264 e. The number of rotatable bonds is 14. The van der Waals surface area contributed by atoms with Crippen molar-refractivity contribution in [2.75, 3.05) is 17.4 Å². The number of hydrogen-bond donors (Lipinski definition) is 1. The Bertz CT molecular complexity index is 1700. The average Bonchev–Trinajstić information content (AvgIpc) is 3.03. The number of carbonyl (C=O) groups is 2. The lowest BCUT2D eigenvalue weighted by Gasteiger charge is -2.34. The first-order chi connectivity index (χ1) is 21.6. The van der Waals surface area contributed by atoms with Crippen molar-refractivity contribution in [3.05, 3.63) is 131 Å². The number of sulfonamides is 1. The molecule has 0 heterocycles. The third kappa shape index (κ3) is 8.79. The van der Waals surface area contributed by atoms with Crippen LogP contribution in [0.15, 0.2) is 108 Å². The van der Waals surface area contributed by atoms with E-state index in [1.165, 1.54) is 23.1 Å². The molecule has 0 saturated heterocycles. The van der Waals surface area contributed by atoms with Crippen LogP contribution in [0.2, 0.25) is 0 Å². The molecule has 0 bridgehead atoms. The second kappa shape index (κ2) is 15.5. The Kier molecular flexibility index (Phi) is 11.5. The van der Waals surface area contributed by atoms with E-state index < -0.39 is 34.3 Å². The fourth-order valence-electron chi connectivity index (χ4n) is 5.02. The minimum absolute atomic E-state index is 0.0289. The number of amides is 2. The maximum atomic E-state index is 15.0. The molecule has 1 atom stereocenters. The van der Waals surface area contributed by atoms with E-state index >= 15 is 4.39 Å². The van der Waals surface area contributed by atoms with E-state index in [1.54, 1.807) is 48.5 Å². The minimum atomic E-state index is -4.21. The highest BCUT2D eigenvalue weighted by Crippen LogP contribution is 2.26. The Morgan fingerprint density at radius 1 is 0.844 bits per heavy atom. The molecule has 0 fully saturated rings. The van der Waals surface area contributed by atoms with Crippen LogP contribution in [0.3, 0.4) is 0 Å². The first-order valence-electron chi connectivity index (χ1n) is 15.1. The van der Waals surface area contributed by atoms with Gasteiger partial charge in [0, 0.05) is 25.1 Å². The van der Waals surface area contributed by atoms with Gasteiger partial charge in [-0.05, 0) is 61.7 Å². The van der Waals surface area contributed by atoms with Crippen LogP contribution >= 0.6 is 0 Å². The lowest BCUT2D eigenvalue weighted by molar-refractivity contribution is -0.140. The first kappa shape index (κ1) is 33.4. The molecule has 4 aromatic rings. The van der Waals surface area contributed by atoms with Gasteiger partial charge in [-0.25, -0.2) is 12.8 Å². The van der Waals surface area contributed by atoms with Crippen molar-refractivity contribution in [2.24, 2.45) is 0 Å². The van der Waals surface area contributed by atoms with Crippen molar-refractivity contribution < 1.29 is 22.4 Å². The highest BCUT2D eigenvalue weighted by molar-refractivity contribution is 7.92. The van der Waals surface area contributed by atoms with E-state index in [-0.39, 0.29) is 29.3 Å². The molecule has 236 valence electrons. The molecule has 1 N–H and O–H groups in total. The van der Waals surface area contributed by atoms with E-state index in [4.69, 9.17) is 0 Å². The molecular weight excluding hydrogens is 589 g/mol. The van der Waals surface area contributed by atoms with Gasteiger partial charge in [-0.3, -0.25) is 13.9 Å². The van der Waals surface area contributed by atoms with E-state index in [9.17, 15) is 18.0 Å². The number of benzene rings is 4. The second-order valence-electron chi connectivity index (χ2n) is 11.1. The largest absolute Gasteiger partial charge is 0.354 e. The molecule has 4 rings (SSSR count). The molecule has 0 aromatic heterocycles. The molecular formula is C36H40FN3O4S. The SMILES string of the molecule is CCCCNC(=O)[C@@H](Cc1ccccc1)N(Cc1ccccc1F)C(=O)CN(c1cccc(C)c1)S(=O)(=O)c1ccc(C)cc1. The van der Waals surface area contributed by atoms with Gasteiger partial charge in [0.1, 0.15) is 18.4 Å².